The summed E-state index contributed by atoms with van der Waals surface area (Å²) in [5.74, 6) is -0.260. The van der Waals surface area contributed by atoms with Gasteiger partial charge in [-0.25, -0.2) is 8.78 Å². The maximum Gasteiger partial charge on any atom is 0.137 e. The van der Waals surface area contributed by atoms with Gasteiger partial charge in [-0.3, -0.25) is 0 Å². The molecular formula is C40H26F2N2O. The molecule has 0 bridgehead atoms. The molecule has 0 fully saturated rings. The molecule has 0 spiro atoms. The Labute approximate surface area is 273 Å². The summed E-state index contributed by atoms with van der Waals surface area (Å²) in [6, 6.07) is 19.6. The van der Waals surface area contributed by atoms with E-state index < -0.39 is 72.1 Å². The first-order valence-electron chi connectivity index (χ1n) is 18.9. The molecule has 0 saturated heterocycles. The molecule has 216 valence electrons. The Morgan fingerprint density at radius 3 is 1.69 bits per heavy atom. The minimum atomic E-state index is -0.555. The molecule has 0 radical (unpaired) electrons. The summed E-state index contributed by atoms with van der Waals surface area (Å²) in [6.07, 6.45) is 0. The molecule has 45 heavy (non-hydrogen) atoms. The van der Waals surface area contributed by atoms with Crippen LogP contribution in [0.1, 0.15) is 13.7 Å². The minimum Gasteiger partial charge on any atom is -0.456 e. The largest absolute Gasteiger partial charge is 0.456 e. The first-order valence-corrected chi connectivity index (χ1v) is 13.9. The fraction of sp³-hybridized carbons (Fsp3) is 0. The quantitative estimate of drug-likeness (QED) is 0.189. The van der Waals surface area contributed by atoms with Crippen LogP contribution >= 0.6 is 0 Å². The van der Waals surface area contributed by atoms with Gasteiger partial charge in [0, 0.05) is 50.8 Å². The van der Waals surface area contributed by atoms with Crippen molar-refractivity contribution in [2.45, 2.75) is 0 Å². The van der Waals surface area contributed by atoms with Gasteiger partial charge in [0.1, 0.15) is 23.1 Å². The summed E-state index contributed by atoms with van der Waals surface area (Å²) < 4.78 is 119. The number of ether oxygens (including phenoxy) is 1. The third kappa shape index (κ3) is 4.75. The van der Waals surface area contributed by atoms with Gasteiger partial charge in [0.25, 0.3) is 0 Å². The minimum absolute atomic E-state index is 0.131. The van der Waals surface area contributed by atoms with Crippen molar-refractivity contribution < 1.29 is 27.2 Å². The van der Waals surface area contributed by atoms with Gasteiger partial charge in [0.05, 0.1) is 19.4 Å². The fourth-order valence-corrected chi connectivity index (χ4v) is 5.62. The number of hydrogen-bond acceptors (Lipinski definition) is 3. The zero-order valence-electron chi connectivity index (χ0n) is 33.3. The van der Waals surface area contributed by atoms with E-state index in [4.69, 9.17) is 18.4 Å². The molecule has 0 saturated carbocycles. The van der Waals surface area contributed by atoms with Crippen molar-refractivity contribution in [3.8, 4) is 22.6 Å². The highest BCUT2D eigenvalue weighted by molar-refractivity contribution is 6.11. The Hall–Kier alpha value is -5.94. The summed E-state index contributed by atoms with van der Waals surface area (Å²) >= 11 is 0. The van der Waals surface area contributed by atoms with Crippen LogP contribution < -0.4 is 14.5 Å². The van der Waals surface area contributed by atoms with Gasteiger partial charge in [0.2, 0.25) is 0 Å². The predicted molar refractivity (Wildman–Crippen MR) is 179 cm³/mol. The number of nitrogens with zero attached hydrogens (tertiary/aromatic N) is 2. The number of benzene rings is 7. The van der Waals surface area contributed by atoms with Crippen molar-refractivity contribution in [2.24, 2.45) is 0 Å². The van der Waals surface area contributed by atoms with Crippen LogP contribution in [0.4, 0.5) is 42.9 Å². The van der Waals surface area contributed by atoms with E-state index in [9.17, 15) is 8.78 Å². The monoisotopic (exact) mass is 598 g/mol. The van der Waals surface area contributed by atoms with E-state index in [1.807, 2.05) is 0 Å². The second-order valence-electron chi connectivity index (χ2n) is 10.2. The molecule has 3 nitrogen and oxygen atoms in total. The fourth-order valence-electron chi connectivity index (χ4n) is 5.62. The smallest absolute Gasteiger partial charge is 0.137 e. The van der Waals surface area contributed by atoms with Crippen LogP contribution in [-0.2, 0) is 0 Å². The molecule has 7 aromatic rings. The number of halogens is 2. The molecule has 8 rings (SSSR count). The lowest BCUT2D eigenvalue weighted by molar-refractivity contribution is 0.487. The first-order chi connectivity index (χ1) is 26.3. The Balaban J connectivity index is 1.33. The van der Waals surface area contributed by atoms with Crippen molar-refractivity contribution in [3.63, 3.8) is 0 Å². The normalized spacial score (nSPS) is 14.6. The topological polar surface area (TPSA) is 15.7 Å². The van der Waals surface area contributed by atoms with Gasteiger partial charge in [-0.15, -0.1) is 0 Å². The van der Waals surface area contributed by atoms with Gasteiger partial charge < -0.3 is 14.5 Å². The molecule has 1 aliphatic heterocycles. The highest BCUT2D eigenvalue weighted by atomic mass is 19.1. The van der Waals surface area contributed by atoms with Crippen molar-refractivity contribution in [1.29, 1.82) is 0 Å². The maximum atomic E-state index is 14.2. The van der Waals surface area contributed by atoms with E-state index in [0.29, 0.717) is 50.6 Å². The van der Waals surface area contributed by atoms with E-state index in [-0.39, 0.29) is 11.4 Å². The lowest BCUT2D eigenvalue weighted by Gasteiger charge is -2.30. The zero-order chi connectivity index (χ0) is 39.0. The zero-order valence-corrected chi connectivity index (χ0v) is 23.3. The molecular weight excluding hydrogens is 562 g/mol. The van der Waals surface area contributed by atoms with Gasteiger partial charge in [-0.2, -0.15) is 0 Å². The van der Waals surface area contributed by atoms with Crippen LogP contribution in [0.15, 0.2) is 157 Å². The average molecular weight is 599 g/mol. The summed E-state index contributed by atoms with van der Waals surface area (Å²) in [7, 11) is 0. The first kappa shape index (κ1) is 18.0. The summed E-state index contributed by atoms with van der Waals surface area (Å²) in [5.41, 5.74) is 2.54. The molecule has 1 aliphatic rings. The molecule has 0 amide bonds. The number of rotatable bonds is 6. The van der Waals surface area contributed by atoms with Gasteiger partial charge in [-0.1, -0.05) is 54.5 Å². The molecule has 0 atom stereocenters. The Morgan fingerprint density at radius 2 is 1.04 bits per heavy atom. The van der Waals surface area contributed by atoms with Gasteiger partial charge in [-0.05, 0) is 103 Å². The van der Waals surface area contributed by atoms with Crippen LogP contribution in [0.2, 0.25) is 0 Å². The second kappa shape index (κ2) is 11.0. The summed E-state index contributed by atoms with van der Waals surface area (Å²) in [6.45, 7) is 0. The lowest BCUT2D eigenvalue weighted by Crippen LogP contribution is -2.12. The van der Waals surface area contributed by atoms with Crippen molar-refractivity contribution in [1.82, 2.24) is 0 Å². The predicted octanol–water partition coefficient (Wildman–Crippen LogP) is 11.8. The van der Waals surface area contributed by atoms with Crippen molar-refractivity contribution >= 4 is 44.9 Å². The van der Waals surface area contributed by atoms with Crippen LogP contribution in [-0.4, -0.2) is 0 Å². The molecule has 0 unspecified atom stereocenters. The van der Waals surface area contributed by atoms with Crippen LogP contribution in [0.5, 0.6) is 11.5 Å². The van der Waals surface area contributed by atoms with Crippen LogP contribution in [0.25, 0.3) is 21.9 Å². The van der Waals surface area contributed by atoms with Crippen LogP contribution in [0, 0.1) is 11.6 Å². The third-order valence-electron chi connectivity index (χ3n) is 7.54. The van der Waals surface area contributed by atoms with E-state index >= 15 is 0 Å². The highest BCUT2D eigenvalue weighted by Gasteiger charge is 2.25. The van der Waals surface area contributed by atoms with E-state index in [1.54, 1.807) is 48.5 Å². The average Bonchev–Trinajstić information content (AvgIpc) is 3.19. The SMILES string of the molecule is [2H]c1c([2H])c([2H])c(N(c2ccc(F)cc2)c2ccc3c(c2)Oc2cccc4c(N(c5ccc(F)cc5)c5c([2H])c([2H])c([2H])c([2H])c5[2H])ccc-3c24)c([2H])c1[2H]. The maximum absolute atomic E-state index is 14.2. The molecule has 5 heteroatoms. The summed E-state index contributed by atoms with van der Waals surface area (Å²) in [4.78, 5) is 2.95. The number of para-hydroxylation sites is 2. The van der Waals surface area contributed by atoms with E-state index in [2.05, 4.69) is 0 Å². The van der Waals surface area contributed by atoms with Gasteiger partial charge >= 0.3 is 0 Å². The van der Waals surface area contributed by atoms with Crippen molar-refractivity contribution in [2.75, 3.05) is 9.80 Å². The Bertz CT molecular complexity index is 2670. The van der Waals surface area contributed by atoms with E-state index in [0.717, 1.165) is 5.56 Å². The lowest BCUT2D eigenvalue weighted by atomic mass is 9.93. The Morgan fingerprint density at radius 1 is 0.489 bits per heavy atom. The van der Waals surface area contributed by atoms with E-state index in [1.165, 1.54) is 58.3 Å². The third-order valence-corrected chi connectivity index (χ3v) is 7.54. The molecule has 1 heterocycles. The number of fused-ring (bicyclic) bond motifs is 2. The summed E-state index contributed by atoms with van der Waals surface area (Å²) in [5, 5.41) is 1.23. The van der Waals surface area contributed by atoms with Gasteiger partial charge in [0.15, 0.2) is 0 Å². The Kier molecular flexibility index (Phi) is 4.39. The molecule has 7 aromatic carbocycles. The van der Waals surface area contributed by atoms with Crippen molar-refractivity contribution in [3.05, 3.63) is 169 Å². The molecule has 0 aromatic heterocycles. The highest BCUT2D eigenvalue weighted by Crippen LogP contribution is 2.51. The van der Waals surface area contributed by atoms with Crippen LogP contribution in [0.3, 0.4) is 0 Å². The molecule has 0 aliphatic carbocycles. The molecule has 0 N–H and O–H groups in total. The second-order valence-corrected chi connectivity index (χ2v) is 10.2. The standard InChI is InChI=1S/C40H26F2N2O/c41-27-14-18-31(19-15-27)43(29-8-3-1-4-9-29)33-22-23-34-35-24-25-37(36-12-7-13-38(40(35)36)45-39(34)26-33)44(30-10-5-2-6-11-30)32-20-16-28(42)17-21-32/h1-26H/i1D,2D,3D,4D,5D,6D,8D,9D,10D,11D. The number of hydrogen-bond donors (Lipinski definition) is 0. The number of anilines is 6.